The van der Waals surface area contributed by atoms with E-state index in [0.29, 0.717) is 17.6 Å². The van der Waals surface area contributed by atoms with Gasteiger partial charge in [-0.3, -0.25) is 4.79 Å². The summed E-state index contributed by atoms with van der Waals surface area (Å²) in [5, 5.41) is 10.1. The molecule has 2 bridgehead atoms. The van der Waals surface area contributed by atoms with Crippen molar-refractivity contribution >= 4 is 5.78 Å². The fourth-order valence-electron chi connectivity index (χ4n) is 4.25. The molecule has 0 aliphatic heterocycles. The molecule has 78 valence electrons. The highest BCUT2D eigenvalue weighted by Gasteiger charge is 2.60. The molecule has 0 radical (unpaired) electrons. The highest BCUT2D eigenvalue weighted by Crippen LogP contribution is 2.58. The quantitative estimate of drug-likeness (QED) is 0.639. The zero-order valence-corrected chi connectivity index (χ0v) is 8.54. The smallest absolute Gasteiger partial charge is 0.144 e. The normalized spacial score (nSPS) is 51.8. The summed E-state index contributed by atoms with van der Waals surface area (Å²) in [5.74, 6) is 1.24. The maximum atomic E-state index is 12.2. The molecule has 4 atom stereocenters. The minimum absolute atomic E-state index is 0.277. The zero-order valence-electron chi connectivity index (χ0n) is 8.54. The number of hydrogen-bond acceptors (Lipinski definition) is 2. The van der Waals surface area contributed by atoms with E-state index in [9.17, 15) is 9.90 Å². The third-order valence-electron chi connectivity index (χ3n) is 4.89. The summed E-state index contributed by atoms with van der Waals surface area (Å²) in [6, 6.07) is 0. The predicted molar refractivity (Wildman–Crippen MR) is 52.7 cm³/mol. The Morgan fingerprint density at radius 2 is 2.07 bits per heavy atom. The number of aliphatic hydroxyl groups excluding tert-OH is 1. The molecule has 0 heterocycles. The van der Waals surface area contributed by atoms with Gasteiger partial charge in [0.15, 0.2) is 0 Å². The number of aliphatic hydroxyl groups is 1. The van der Waals surface area contributed by atoms with Gasteiger partial charge in [-0.25, -0.2) is 0 Å². The number of carbonyl (C=O) groups is 1. The molecule has 0 aromatic heterocycles. The van der Waals surface area contributed by atoms with Crippen LogP contribution in [0.2, 0.25) is 0 Å². The Bertz CT molecular complexity index is 273. The van der Waals surface area contributed by atoms with Gasteiger partial charge in [-0.1, -0.05) is 12.8 Å². The maximum absolute atomic E-state index is 12.2. The number of carbonyl (C=O) groups excluding carboxylic acids is 1. The van der Waals surface area contributed by atoms with E-state index in [1.807, 2.05) is 0 Å². The Hall–Kier alpha value is -0.370. The summed E-state index contributed by atoms with van der Waals surface area (Å²) in [7, 11) is 0. The van der Waals surface area contributed by atoms with E-state index in [1.54, 1.807) is 0 Å². The Labute approximate surface area is 84.7 Å². The van der Waals surface area contributed by atoms with Gasteiger partial charge >= 0.3 is 0 Å². The minimum Gasteiger partial charge on any atom is -0.392 e. The van der Waals surface area contributed by atoms with Crippen LogP contribution < -0.4 is 0 Å². The van der Waals surface area contributed by atoms with Gasteiger partial charge in [0.05, 0.1) is 11.5 Å². The van der Waals surface area contributed by atoms with E-state index in [0.717, 1.165) is 38.5 Å². The molecule has 4 unspecified atom stereocenters. The molecule has 0 amide bonds. The molecule has 0 saturated heterocycles. The second kappa shape index (κ2) is 2.82. The van der Waals surface area contributed by atoms with Crippen molar-refractivity contribution in [2.75, 3.05) is 0 Å². The number of Topliss-reactive ketones (excluding diaryl/α,β-unsaturated/α-hetero) is 1. The Morgan fingerprint density at radius 1 is 1.21 bits per heavy atom. The van der Waals surface area contributed by atoms with Crippen LogP contribution in [0.5, 0.6) is 0 Å². The fraction of sp³-hybridized carbons (Fsp3) is 0.917. The first kappa shape index (κ1) is 8.90. The lowest BCUT2D eigenvalue weighted by Gasteiger charge is -2.43. The number of ketones is 1. The van der Waals surface area contributed by atoms with E-state index in [4.69, 9.17) is 0 Å². The molecule has 2 nitrogen and oxygen atoms in total. The van der Waals surface area contributed by atoms with Crippen LogP contribution in [0.25, 0.3) is 0 Å². The molecule has 2 heteroatoms. The van der Waals surface area contributed by atoms with Crippen molar-refractivity contribution in [2.24, 2.45) is 17.3 Å². The Kier molecular flexibility index (Phi) is 1.79. The average Bonchev–Trinajstić information content (AvgIpc) is 2.36. The van der Waals surface area contributed by atoms with E-state index < -0.39 is 0 Å². The highest BCUT2D eigenvalue weighted by molar-refractivity contribution is 5.91. The second-order valence-electron chi connectivity index (χ2n) is 5.37. The Morgan fingerprint density at radius 3 is 2.93 bits per heavy atom. The molecule has 3 fully saturated rings. The van der Waals surface area contributed by atoms with Gasteiger partial charge < -0.3 is 5.11 Å². The molecule has 0 aromatic rings. The summed E-state index contributed by atoms with van der Waals surface area (Å²) < 4.78 is 0. The van der Waals surface area contributed by atoms with Crippen LogP contribution in [-0.4, -0.2) is 17.0 Å². The highest BCUT2D eigenvalue weighted by atomic mass is 16.3. The van der Waals surface area contributed by atoms with Crippen LogP contribution in [0.3, 0.4) is 0 Å². The molecular weight excluding hydrogens is 176 g/mol. The lowest BCUT2D eigenvalue weighted by atomic mass is 9.62. The van der Waals surface area contributed by atoms with E-state index in [-0.39, 0.29) is 11.5 Å². The summed E-state index contributed by atoms with van der Waals surface area (Å²) in [6.07, 6.45) is 7.12. The van der Waals surface area contributed by atoms with Crippen molar-refractivity contribution in [3.63, 3.8) is 0 Å². The van der Waals surface area contributed by atoms with Crippen LogP contribution in [0.1, 0.15) is 44.9 Å². The van der Waals surface area contributed by atoms with Gasteiger partial charge in [-0.2, -0.15) is 0 Å². The van der Waals surface area contributed by atoms with Gasteiger partial charge in [0.1, 0.15) is 5.78 Å². The molecule has 1 spiro atoms. The molecule has 3 aliphatic carbocycles. The standard InChI is InChI=1S/C12H18O2/c13-10-5-1-4-9-7-8-3-2-6-12(9,10)11(8)14/h8-10,13H,1-7H2. The topological polar surface area (TPSA) is 37.3 Å². The summed E-state index contributed by atoms with van der Waals surface area (Å²) in [5.41, 5.74) is -0.277. The predicted octanol–water partition coefficient (Wildman–Crippen LogP) is 1.91. The van der Waals surface area contributed by atoms with Gasteiger partial charge in [0.2, 0.25) is 0 Å². The summed E-state index contributed by atoms with van der Waals surface area (Å²) in [6.45, 7) is 0. The zero-order chi connectivity index (χ0) is 9.76. The molecule has 0 aromatic carbocycles. The van der Waals surface area contributed by atoms with Gasteiger partial charge in [0.25, 0.3) is 0 Å². The van der Waals surface area contributed by atoms with Crippen LogP contribution in [0, 0.1) is 17.3 Å². The molecule has 3 aliphatic rings. The van der Waals surface area contributed by atoms with Crippen LogP contribution in [-0.2, 0) is 4.79 Å². The van der Waals surface area contributed by atoms with E-state index >= 15 is 0 Å². The van der Waals surface area contributed by atoms with Gasteiger partial charge in [-0.15, -0.1) is 0 Å². The largest absolute Gasteiger partial charge is 0.392 e. The average molecular weight is 194 g/mol. The number of fused-ring (bicyclic) bond motifs is 1. The first-order valence-corrected chi connectivity index (χ1v) is 5.97. The second-order valence-corrected chi connectivity index (χ2v) is 5.37. The number of hydrogen-bond donors (Lipinski definition) is 1. The van der Waals surface area contributed by atoms with Crippen molar-refractivity contribution in [3.05, 3.63) is 0 Å². The first-order chi connectivity index (χ1) is 6.75. The monoisotopic (exact) mass is 194 g/mol. The molecule has 3 rings (SSSR count). The van der Waals surface area contributed by atoms with Crippen molar-refractivity contribution in [3.8, 4) is 0 Å². The van der Waals surface area contributed by atoms with Crippen LogP contribution >= 0.6 is 0 Å². The van der Waals surface area contributed by atoms with Gasteiger partial charge in [-0.05, 0) is 38.0 Å². The first-order valence-electron chi connectivity index (χ1n) is 5.97. The lowest BCUT2D eigenvalue weighted by molar-refractivity contribution is -0.144. The van der Waals surface area contributed by atoms with E-state index in [1.165, 1.54) is 6.42 Å². The number of rotatable bonds is 0. The minimum atomic E-state index is -0.320. The summed E-state index contributed by atoms with van der Waals surface area (Å²) >= 11 is 0. The Balaban J connectivity index is 2.03. The van der Waals surface area contributed by atoms with Crippen LogP contribution in [0.4, 0.5) is 0 Å². The van der Waals surface area contributed by atoms with Gasteiger partial charge in [0, 0.05) is 5.92 Å². The third-order valence-corrected chi connectivity index (χ3v) is 4.89. The maximum Gasteiger partial charge on any atom is 0.144 e. The molecule has 1 N–H and O–H groups in total. The van der Waals surface area contributed by atoms with Crippen molar-refractivity contribution in [1.82, 2.24) is 0 Å². The SMILES string of the molecule is O=C1C2CCCC13C(O)CCCC3C2. The van der Waals surface area contributed by atoms with E-state index in [2.05, 4.69) is 0 Å². The molecule has 14 heavy (non-hydrogen) atoms. The lowest BCUT2D eigenvalue weighted by Crippen LogP contribution is -2.48. The fourth-order valence-corrected chi connectivity index (χ4v) is 4.25. The van der Waals surface area contributed by atoms with Crippen LogP contribution in [0.15, 0.2) is 0 Å². The van der Waals surface area contributed by atoms with Crippen molar-refractivity contribution < 1.29 is 9.90 Å². The third kappa shape index (κ3) is 0.881. The van der Waals surface area contributed by atoms with Crippen molar-refractivity contribution in [1.29, 1.82) is 0 Å². The summed E-state index contributed by atoms with van der Waals surface area (Å²) in [4.78, 5) is 12.2. The molecular formula is C12H18O2. The van der Waals surface area contributed by atoms with Crippen molar-refractivity contribution in [2.45, 2.75) is 51.0 Å². The molecule has 3 saturated carbocycles.